The lowest BCUT2D eigenvalue weighted by atomic mass is 9.82. The molecule has 0 amide bonds. The summed E-state index contributed by atoms with van der Waals surface area (Å²) in [4.78, 5) is 17.4. The van der Waals surface area contributed by atoms with Crippen LogP contribution in [0, 0.1) is 0 Å². The highest BCUT2D eigenvalue weighted by Gasteiger charge is 2.43. The quantitative estimate of drug-likeness (QED) is 0.187. The van der Waals surface area contributed by atoms with Gasteiger partial charge in [0.05, 0.1) is 6.04 Å². The molecule has 236 valence electrons. The van der Waals surface area contributed by atoms with Gasteiger partial charge in [-0.3, -0.25) is 0 Å². The third kappa shape index (κ3) is 4.66. The molecule has 0 saturated carbocycles. The zero-order valence-electron chi connectivity index (χ0n) is 27.0. The van der Waals surface area contributed by atoms with Gasteiger partial charge in [0.25, 0.3) is 0 Å². The second kappa shape index (κ2) is 11.5. The van der Waals surface area contributed by atoms with Gasteiger partial charge in [-0.2, -0.15) is 0 Å². The molecule has 0 N–H and O–H groups in total. The molecule has 2 aromatic heterocycles. The van der Waals surface area contributed by atoms with Gasteiger partial charge in [0.15, 0.2) is 17.5 Å². The van der Waals surface area contributed by atoms with Gasteiger partial charge in [-0.25, -0.2) is 15.0 Å². The standard InChI is InChI=1S/C45H30N4O/c1-4-12-29(13-5-1)30-20-22-32(23-21-30)44-46-43(31-14-6-2-7-15-31)47-45(48-44)33-24-25-36-40(28-33)50-39-27-26-38-41(42(36)39)35-18-10-11-19-37(35)49(38)34-16-8-3-9-17-34/h1-28,38,41H. The molecule has 6 aromatic carbocycles. The summed E-state index contributed by atoms with van der Waals surface area (Å²) in [5, 5.41) is 1.11. The SMILES string of the molecule is C1=CC2C(c3ccccc3N2c2ccccc2)c2c1oc1cc(-c3nc(-c4ccccc4)nc(-c4ccc(-c5ccccc5)cc4)n3)ccc21. The Morgan fingerprint density at radius 2 is 1.04 bits per heavy atom. The number of furan rings is 1. The molecule has 3 heterocycles. The Bertz CT molecular complexity index is 2540. The van der Waals surface area contributed by atoms with Gasteiger partial charge in [0, 0.05) is 44.9 Å². The van der Waals surface area contributed by atoms with Crippen LogP contribution >= 0.6 is 0 Å². The van der Waals surface area contributed by atoms with E-state index in [1.54, 1.807) is 0 Å². The topological polar surface area (TPSA) is 55.1 Å². The van der Waals surface area contributed by atoms with Crippen LogP contribution in [0.4, 0.5) is 11.4 Å². The molecular formula is C45H30N4O. The monoisotopic (exact) mass is 642 g/mol. The van der Waals surface area contributed by atoms with Gasteiger partial charge in [0.2, 0.25) is 0 Å². The Morgan fingerprint density at radius 1 is 0.500 bits per heavy atom. The van der Waals surface area contributed by atoms with Crippen molar-refractivity contribution in [3.8, 4) is 45.3 Å². The first kappa shape index (κ1) is 28.4. The lowest BCUT2D eigenvalue weighted by molar-refractivity contribution is 0.584. The van der Waals surface area contributed by atoms with Gasteiger partial charge in [-0.05, 0) is 47.0 Å². The second-order valence-corrected chi connectivity index (χ2v) is 12.8. The summed E-state index contributed by atoms with van der Waals surface area (Å²) < 4.78 is 6.63. The van der Waals surface area contributed by atoms with Crippen molar-refractivity contribution in [2.45, 2.75) is 12.0 Å². The van der Waals surface area contributed by atoms with Gasteiger partial charge in [-0.1, -0.05) is 140 Å². The minimum absolute atomic E-state index is 0.144. The molecule has 0 saturated heterocycles. The molecule has 0 bridgehead atoms. The smallest absolute Gasteiger partial charge is 0.164 e. The summed E-state index contributed by atoms with van der Waals surface area (Å²) in [5.41, 5.74) is 10.8. The highest BCUT2D eigenvalue weighted by atomic mass is 16.3. The Hall–Kier alpha value is -6.59. The number of benzene rings is 6. The van der Waals surface area contributed by atoms with Crippen LogP contribution in [0.25, 0.3) is 62.3 Å². The predicted octanol–water partition coefficient (Wildman–Crippen LogP) is 11.0. The van der Waals surface area contributed by atoms with Crippen LogP contribution < -0.4 is 4.90 Å². The summed E-state index contributed by atoms with van der Waals surface area (Å²) in [6.07, 6.45) is 4.43. The van der Waals surface area contributed by atoms with Crippen LogP contribution in [0.1, 0.15) is 22.8 Å². The van der Waals surface area contributed by atoms with Crippen LogP contribution in [0.2, 0.25) is 0 Å². The molecule has 0 fully saturated rings. The average Bonchev–Trinajstić information content (AvgIpc) is 3.74. The molecule has 5 nitrogen and oxygen atoms in total. The predicted molar refractivity (Wildman–Crippen MR) is 201 cm³/mol. The number of hydrogen-bond donors (Lipinski definition) is 0. The third-order valence-electron chi connectivity index (χ3n) is 9.89. The van der Waals surface area contributed by atoms with Crippen LogP contribution in [0.5, 0.6) is 0 Å². The van der Waals surface area contributed by atoms with E-state index < -0.39 is 0 Å². The Labute approximate surface area is 289 Å². The zero-order chi connectivity index (χ0) is 33.0. The van der Waals surface area contributed by atoms with Crippen molar-refractivity contribution in [1.29, 1.82) is 0 Å². The largest absolute Gasteiger partial charge is 0.456 e. The fraction of sp³-hybridized carbons (Fsp3) is 0.0444. The number of anilines is 2. The minimum Gasteiger partial charge on any atom is -0.456 e. The number of nitrogens with zero attached hydrogens (tertiary/aromatic N) is 4. The first-order valence-corrected chi connectivity index (χ1v) is 16.9. The van der Waals surface area contributed by atoms with Crippen LogP contribution in [-0.4, -0.2) is 21.0 Å². The number of rotatable bonds is 5. The number of para-hydroxylation sites is 2. The maximum atomic E-state index is 6.63. The normalized spacial score (nSPS) is 15.9. The van der Waals surface area contributed by atoms with Crippen molar-refractivity contribution in [1.82, 2.24) is 15.0 Å². The summed E-state index contributed by atoms with van der Waals surface area (Å²) in [6.45, 7) is 0. The van der Waals surface area contributed by atoms with Crippen molar-refractivity contribution in [3.05, 3.63) is 181 Å². The summed E-state index contributed by atoms with van der Waals surface area (Å²) in [7, 11) is 0. The molecule has 2 unspecified atom stereocenters. The summed E-state index contributed by atoms with van der Waals surface area (Å²) in [6, 6.07) is 54.8. The molecule has 2 atom stereocenters. The van der Waals surface area contributed by atoms with Crippen molar-refractivity contribution in [2.75, 3.05) is 4.90 Å². The van der Waals surface area contributed by atoms with E-state index in [0.29, 0.717) is 17.5 Å². The van der Waals surface area contributed by atoms with E-state index in [2.05, 4.69) is 138 Å². The molecule has 1 aliphatic carbocycles. The Kier molecular flexibility index (Phi) is 6.56. The number of hydrogen-bond acceptors (Lipinski definition) is 5. The zero-order valence-corrected chi connectivity index (χ0v) is 27.0. The molecule has 50 heavy (non-hydrogen) atoms. The Balaban J connectivity index is 1.07. The van der Waals surface area contributed by atoms with Gasteiger partial charge >= 0.3 is 0 Å². The molecule has 5 heteroatoms. The van der Waals surface area contributed by atoms with Crippen molar-refractivity contribution in [2.24, 2.45) is 0 Å². The summed E-state index contributed by atoms with van der Waals surface area (Å²) >= 11 is 0. The van der Waals surface area contributed by atoms with E-state index in [4.69, 9.17) is 19.4 Å². The van der Waals surface area contributed by atoms with Crippen LogP contribution in [0.3, 0.4) is 0 Å². The Morgan fingerprint density at radius 3 is 1.76 bits per heavy atom. The third-order valence-corrected chi connectivity index (χ3v) is 9.89. The molecule has 2 aliphatic rings. The molecule has 8 aromatic rings. The van der Waals surface area contributed by atoms with E-state index in [9.17, 15) is 0 Å². The van der Waals surface area contributed by atoms with Crippen LogP contribution in [-0.2, 0) is 0 Å². The van der Waals surface area contributed by atoms with Crippen molar-refractivity contribution in [3.63, 3.8) is 0 Å². The van der Waals surface area contributed by atoms with Gasteiger partial charge in [0.1, 0.15) is 11.3 Å². The average molecular weight is 643 g/mol. The van der Waals surface area contributed by atoms with Gasteiger partial charge < -0.3 is 9.32 Å². The fourth-order valence-corrected chi connectivity index (χ4v) is 7.58. The van der Waals surface area contributed by atoms with Crippen molar-refractivity contribution >= 4 is 28.4 Å². The van der Waals surface area contributed by atoms with Crippen molar-refractivity contribution < 1.29 is 4.42 Å². The molecule has 10 rings (SSSR count). The van der Waals surface area contributed by atoms with Crippen LogP contribution in [0.15, 0.2) is 168 Å². The van der Waals surface area contributed by atoms with E-state index in [0.717, 1.165) is 39.0 Å². The van der Waals surface area contributed by atoms with E-state index in [-0.39, 0.29) is 12.0 Å². The first-order chi connectivity index (χ1) is 24.8. The molecule has 0 spiro atoms. The van der Waals surface area contributed by atoms with E-state index in [1.807, 2.05) is 36.4 Å². The number of fused-ring (bicyclic) bond motifs is 7. The lowest BCUT2D eigenvalue weighted by Gasteiger charge is -2.30. The highest BCUT2D eigenvalue weighted by molar-refractivity contribution is 5.92. The lowest BCUT2D eigenvalue weighted by Crippen LogP contribution is -2.30. The maximum Gasteiger partial charge on any atom is 0.164 e. The van der Waals surface area contributed by atoms with E-state index >= 15 is 0 Å². The number of aromatic nitrogens is 3. The highest BCUT2D eigenvalue weighted by Crippen LogP contribution is 2.53. The molecule has 0 radical (unpaired) electrons. The minimum atomic E-state index is 0.144. The van der Waals surface area contributed by atoms with Gasteiger partial charge in [-0.15, -0.1) is 0 Å². The fourth-order valence-electron chi connectivity index (χ4n) is 7.58. The molecular weight excluding hydrogens is 613 g/mol. The molecule has 1 aliphatic heterocycles. The summed E-state index contributed by atoms with van der Waals surface area (Å²) in [5.74, 6) is 2.91. The maximum absolute atomic E-state index is 6.63. The second-order valence-electron chi connectivity index (χ2n) is 12.8. The first-order valence-electron chi connectivity index (χ1n) is 16.9. The van der Waals surface area contributed by atoms with E-state index in [1.165, 1.54) is 28.1 Å².